The van der Waals surface area contributed by atoms with E-state index in [1.807, 2.05) is 25.1 Å². The number of anilines is 3. The molecule has 0 bridgehead atoms. The van der Waals surface area contributed by atoms with Crippen LogP contribution >= 0.6 is 15.9 Å². The van der Waals surface area contributed by atoms with E-state index in [9.17, 15) is 0 Å². The van der Waals surface area contributed by atoms with Gasteiger partial charge in [0.2, 0.25) is 0 Å². The van der Waals surface area contributed by atoms with E-state index >= 15 is 0 Å². The molecule has 0 atom stereocenters. The third-order valence-electron chi connectivity index (χ3n) is 2.20. The van der Waals surface area contributed by atoms with Gasteiger partial charge in [-0.2, -0.15) is 0 Å². The highest BCUT2D eigenvalue weighted by atomic mass is 79.9. The number of hydrogen-bond acceptors (Lipinski definition) is 5. The molecule has 0 spiro atoms. The number of benzene rings is 1. The maximum Gasteiger partial charge on any atom is 0.145 e. The highest BCUT2D eigenvalue weighted by Gasteiger charge is 2.02. The molecule has 1 heterocycles. The lowest BCUT2D eigenvalue weighted by molar-refractivity contribution is 1.14. The van der Waals surface area contributed by atoms with Crippen molar-refractivity contribution in [1.82, 2.24) is 9.97 Å². The summed E-state index contributed by atoms with van der Waals surface area (Å²) in [5.41, 5.74) is 4.61. The smallest absolute Gasteiger partial charge is 0.145 e. The SMILES string of the molecule is Cc1ccc(Nc2cc(NN)ncn2)c(Br)c1. The molecule has 2 rings (SSSR count). The minimum absolute atomic E-state index is 0.561. The fourth-order valence-corrected chi connectivity index (χ4v) is 1.96. The van der Waals surface area contributed by atoms with Crippen LogP contribution in [0.15, 0.2) is 35.1 Å². The maximum atomic E-state index is 5.28. The molecule has 0 fully saturated rings. The number of nitrogen functional groups attached to an aromatic ring is 1. The summed E-state index contributed by atoms with van der Waals surface area (Å²) in [5.74, 6) is 6.52. The van der Waals surface area contributed by atoms with Gasteiger partial charge in [0.25, 0.3) is 0 Å². The highest BCUT2D eigenvalue weighted by Crippen LogP contribution is 2.26. The zero-order valence-electron chi connectivity index (χ0n) is 9.24. The summed E-state index contributed by atoms with van der Waals surface area (Å²) in [6.07, 6.45) is 1.44. The second kappa shape index (κ2) is 5.11. The van der Waals surface area contributed by atoms with Gasteiger partial charge in [0.05, 0.1) is 5.69 Å². The predicted octanol–water partition coefficient (Wildman–Crippen LogP) is 2.58. The molecule has 0 amide bonds. The molecule has 1 aromatic carbocycles. The Morgan fingerprint density at radius 2 is 1.94 bits per heavy atom. The number of aryl methyl sites for hydroxylation is 1. The van der Waals surface area contributed by atoms with Crippen molar-refractivity contribution in [3.63, 3.8) is 0 Å². The van der Waals surface area contributed by atoms with Gasteiger partial charge in [0.15, 0.2) is 0 Å². The lowest BCUT2D eigenvalue weighted by Crippen LogP contribution is -2.09. The summed E-state index contributed by atoms with van der Waals surface area (Å²) in [5, 5.41) is 3.18. The minimum Gasteiger partial charge on any atom is -0.339 e. The van der Waals surface area contributed by atoms with E-state index in [0.717, 1.165) is 10.2 Å². The first-order valence-corrected chi connectivity index (χ1v) is 5.80. The zero-order valence-corrected chi connectivity index (χ0v) is 10.8. The Labute approximate surface area is 108 Å². The van der Waals surface area contributed by atoms with Gasteiger partial charge in [-0.15, -0.1) is 0 Å². The van der Waals surface area contributed by atoms with Gasteiger partial charge in [-0.3, -0.25) is 0 Å². The number of aromatic nitrogens is 2. The van der Waals surface area contributed by atoms with Crippen LogP contribution in [-0.2, 0) is 0 Å². The fraction of sp³-hybridized carbons (Fsp3) is 0.0909. The number of nitrogens with one attached hydrogen (secondary N) is 2. The minimum atomic E-state index is 0.561. The van der Waals surface area contributed by atoms with Gasteiger partial charge in [-0.1, -0.05) is 6.07 Å². The second-order valence-electron chi connectivity index (χ2n) is 3.54. The summed E-state index contributed by atoms with van der Waals surface area (Å²) in [6.45, 7) is 2.04. The molecule has 4 N–H and O–H groups in total. The van der Waals surface area contributed by atoms with Crippen molar-refractivity contribution >= 4 is 33.3 Å². The quantitative estimate of drug-likeness (QED) is 0.599. The lowest BCUT2D eigenvalue weighted by atomic mass is 10.2. The Hall–Kier alpha value is -1.66. The van der Waals surface area contributed by atoms with E-state index in [4.69, 9.17) is 5.84 Å². The van der Waals surface area contributed by atoms with E-state index in [0.29, 0.717) is 11.6 Å². The number of rotatable bonds is 3. The van der Waals surface area contributed by atoms with Crippen molar-refractivity contribution in [2.75, 3.05) is 10.7 Å². The molecule has 5 nitrogen and oxygen atoms in total. The van der Waals surface area contributed by atoms with E-state index in [-0.39, 0.29) is 0 Å². The molecule has 0 aliphatic heterocycles. The summed E-state index contributed by atoms with van der Waals surface area (Å²) < 4.78 is 0.985. The molecular weight excluding hydrogens is 282 g/mol. The van der Waals surface area contributed by atoms with E-state index in [1.165, 1.54) is 11.9 Å². The Morgan fingerprint density at radius 1 is 1.18 bits per heavy atom. The molecule has 1 aromatic heterocycles. The predicted molar refractivity (Wildman–Crippen MR) is 72.0 cm³/mol. The van der Waals surface area contributed by atoms with E-state index in [1.54, 1.807) is 6.07 Å². The fourth-order valence-electron chi connectivity index (χ4n) is 1.36. The van der Waals surface area contributed by atoms with Crippen molar-refractivity contribution in [3.05, 3.63) is 40.6 Å². The van der Waals surface area contributed by atoms with Crippen molar-refractivity contribution < 1.29 is 0 Å². The van der Waals surface area contributed by atoms with Gasteiger partial charge >= 0.3 is 0 Å². The van der Waals surface area contributed by atoms with Crippen molar-refractivity contribution in [2.24, 2.45) is 5.84 Å². The standard InChI is InChI=1S/C11H12BrN5/c1-7-2-3-9(8(12)4-7)16-10-5-11(17-13)15-6-14-10/h2-6H,13H2,1H3,(H2,14,15,16,17). The number of halogens is 1. The molecule has 88 valence electrons. The van der Waals surface area contributed by atoms with Crippen LogP contribution in [0.5, 0.6) is 0 Å². The highest BCUT2D eigenvalue weighted by molar-refractivity contribution is 9.10. The molecule has 2 aromatic rings. The molecule has 0 saturated carbocycles. The first kappa shape index (κ1) is 11.8. The third kappa shape index (κ3) is 2.92. The number of nitrogens with zero attached hydrogens (tertiary/aromatic N) is 2. The van der Waals surface area contributed by atoms with Crippen LogP contribution in [0.2, 0.25) is 0 Å². The van der Waals surface area contributed by atoms with Crippen LogP contribution in [0.3, 0.4) is 0 Å². The number of hydrogen-bond donors (Lipinski definition) is 3. The molecule has 0 aliphatic carbocycles. The molecule has 0 unspecified atom stereocenters. The largest absolute Gasteiger partial charge is 0.339 e. The lowest BCUT2D eigenvalue weighted by Gasteiger charge is -2.09. The molecule has 6 heteroatoms. The first-order valence-electron chi connectivity index (χ1n) is 5.01. The van der Waals surface area contributed by atoms with Crippen LogP contribution < -0.4 is 16.6 Å². The number of nitrogens with two attached hydrogens (primary N) is 1. The molecule has 17 heavy (non-hydrogen) atoms. The number of hydrazine groups is 1. The molecule has 0 aliphatic rings. The molecular formula is C11H12BrN5. The molecule has 0 radical (unpaired) electrons. The summed E-state index contributed by atoms with van der Waals surface area (Å²) in [6, 6.07) is 7.77. The maximum absolute atomic E-state index is 5.28. The van der Waals surface area contributed by atoms with Crippen molar-refractivity contribution in [3.8, 4) is 0 Å². The van der Waals surface area contributed by atoms with Gasteiger partial charge in [-0.05, 0) is 40.5 Å². The van der Waals surface area contributed by atoms with Crippen molar-refractivity contribution in [2.45, 2.75) is 6.92 Å². The van der Waals surface area contributed by atoms with Crippen LogP contribution in [0, 0.1) is 6.92 Å². The van der Waals surface area contributed by atoms with Crippen LogP contribution in [0.4, 0.5) is 17.3 Å². The van der Waals surface area contributed by atoms with Gasteiger partial charge in [-0.25, -0.2) is 15.8 Å². The Balaban J connectivity index is 2.25. The normalized spacial score (nSPS) is 10.1. The average molecular weight is 294 g/mol. The first-order chi connectivity index (χ1) is 8.19. The summed E-state index contributed by atoms with van der Waals surface area (Å²) >= 11 is 3.49. The Kier molecular flexibility index (Phi) is 3.55. The average Bonchev–Trinajstić information content (AvgIpc) is 2.33. The van der Waals surface area contributed by atoms with Crippen molar-refractivity contribution in [1.29, 1.82) is 0 Å². The monoisotopic (exact) mass is 293 g/mol. The Bertz CT molecular complexity index is 529. The van der Waals surface area contributed by atoms with Gasteiger partial charge in [0.1, 0.15) is 18.0 Å². The van der Waals surface area contributed by atoms with Gasteiger partial charge in [0, 0.05) is 10.5 Å². The van der Waals surface area contributed by atoms with E-state index < -0.39 is 0 Å². The topological polar surface area (TPSA) is 75.9 Å². The van der Waals surface area contributed by atoms with Gasteiger partial charge < -0.3 is 10.7 Å². The van der Waals surface area contributed by atoms with Crippen LogP contribution in [0.1, 0.15) is 5.56 Å². The Morgan fingerprint density at radius 3 is 2.65 bits per heavy atom. The summed E-state index contributed by atoms with van der Waals surface area (Å²) in [7, 11) is 0. The van der Waals surface area contributed by atoms with E-state index in [2.05, 4.69) is 36.6 Å². The molecule has 0 saturated heterocycles. The third-order valence-corrected chi connectivity index (χ3v) is 2.86. The van der Waals surface area contributed by atoms with Crippen LogP contribution in [0.25, 0.3) is 0 Å². The summed E-state index contributed by atoms with van der Waals surface area (Å²) in [4.78, 5) is 8.04. The second-order valence-corrected chi connectivity index (χ2v) is 4.40. The van der Waals surface area contributed by atoms with Crippen LogP contribution in [-0.4, -0.2) is 9.97 Å². The zero-order chi connectivity index (χ0) is 12.3.